The van der Waals surface area contributed by atoms with Gasteiger partial charge in [-0.25, -0.2) is 12.8 Å². The van der Waals surface area contributed by atoms with Gasteiger partial charge >= 0.3 is 0 Å². The van der Waals surface area contributed by atoms with Crippen molar-refractivity contribution >= 4 is 21.8 Å². The summed E-state index contributed by atoms with van der Waals surface area (Å²) in [5.41, 5.74) is 0.669. The zero-order valence-electron chi connectivity index (χ0n) is 21.9. The van der Waals surface area contributed by atoms with E-state index in [1.807, 2.05) is 0 Å². The molecule has 1 heterocycles. The lowest BCUT2D eigenvalue weighted by Gasteiger charge is -2.29. The van der Waals surface area contributed by atoms with E-state index in [9.17, 15) is 22.4 Å². The second-order valence-electron chi connectivity index (χ2n) is 9.10. The van der Waals surface area contributed by atoms with Gasteiger partial charge < -0.3 is 19.7 Å². The zero-order valence-corrected chi connectivity index (χ0v) is 22.7. The van der Waals surface area contributed by atoms with Crippen LogP contribution in [0.4, 0.5) is 4.39 Å². The highest BCUT2D eigenvalue weighted by atomic mass is 32.2. The maximum atomic E-state index is 13.4. The normalized spacial score (nSPS) is 15.0. The van der Waals surface area contributed by atoms with Crippen LogP contribution in [0.2, 0.25) is 0 Å². The number of morpholine rings is 1. The Morgan fingerprint density at radius 2 is 1.74 bits per heavy atom. The summed E-state index contributed by atoms with van der Waals surface area (Å²) in [7, 11) is -3.64. The number of sulfonamides is 1. The molecule has 1 fully saturated rings. The highest BCUT2D eigenvalue weighted by Gasteiger charge is 2.28. The Labute approximate surface area is 224 Å². The molecule has 0 spiro atoms. The summed E-state index contributed by atoms with van der Waals surface area (Å²) in [5, 5.41) is 2.87. The van der Waals surface area contributed by atoms with Gasteiger partial charge in [0.1, 0.15) is 17.6 Å². The van der Waals surface area contributed by atoms with Crippen LogP contribution in [0.5, 0.6) is 5.75 Å². The van der Waals surface area contributed by atoms with Gasteiger partial charge in [0, 0.05) is 26.2 Å². The third-order valence-electron chi connectivity index (χ3n) is 6.31. The summed E-state index contributed by atoms with van der Waals surface area (Å²) in [5.74, 6) is -0.793. The van der Waals surface area contributed by atoms with Crippen molar-refractivity contribution in [2.45, 2.75) is 50.6 Å². The Morgan fingerprint density at radius 1 is 1.08 bits per heavy atom. The summed E-state index contributed by atoms with van der Waals surface area (Å²) in [6.45, 7) is 5.27. The molecular formula is C27H36FN3O6S. The van der Waals surface area contributed by atoms with Gasteiger partial charge in [0.25, 0.3) is 5.91 Å². The van der Waals surface area contributed by atoms with E-state index in [4.69, 9.17) is 9.47 Å². The van der Waals surface area contributed by atoms with Crippen molar-refractivity contribution in [2.24, 2.45) is 0 Å². The van der Waals surface area contributed by atoms with Crippen molar-refractivity contribution in [3.05, 3.63) is 59.9 Å². The predicted molar refractivity (Wildman–Crippen MR) is 140 cm³/mol. The molecule has 1 saturated heterocycles. The molecule has 0 radical (unpaired) electrons. The van der Waals surface area contributed by atoms with E-state index < -0.39 is 27.8 Å². The summed E-state index contributed by atoms with van der Waals surface area (Å²) in [6.07, 6.45) is 2.87. The molecule has 1 aliphatic heterocycles. The van der Waals surface area contributed by atoms with Crippen molar-refractivity contribution < 1.29 is 31.9 Å². The van der Waals surface area contributed by atoms with Crippen LogP contribution >= 0.6 is 0 Å². The molecular weight excluding hydrogens is 513 g/mol. The summed E-state index contributed by atoms with van der Waals surface area (Å²) in [4.78, 5) is 27.5. The van der Waals surface area contributed by atoms with E-state index in [0.717, 1.165) is 19.3 Å². The average Bonchev–Trinajstić information content (AvgIpc) is 2.94. The molecule has 1 atom stereocenters. The molecule has 0 unspecified atom stereocenters. The summed E-state index contributed by atoms with van der Waals surface area (Å²) >= 11 is 0. The maximum absolute atomic E-state index is 13.4. The van der Waals surface area contributed by atoms with Crippen molar-refractivity contribution in [3.63, 3.8) is 0 Å². The highest BCUT2D eigenvalue weighted by molar-refractivity contribution is 7.89. The number of rotatable bonds is 13. The number of hydrogen-bond donors (Lipinski definition) is 1. The third-order valence-corrected chi connectivity index (χ3v) is 8.22. The number of hydrogen-bond acceptors (Lipinski definition) is 6. The van der Waals surface area contributed by atoms with Gasteiger partial charge in [0.2, 0.25) is 15.9 Å². The first kappa shape index (κ1) is 29.5. The minimum absolute atomic E-state index is 0.1000. The molecule has 2 aromatic carbocycles. The fourth-order valence-corrected chi connectivity index (χ4v) is 5.38. The summed E-state index contributed by atoms with van der Waals surface area (Å²) < 4.78 is 51.2. The van der Waals surface area contributed by atoms with Gasteiger partial charge in [-0.1, -0.05) is 31.9 Å². The monoisotopic (exact) mass is 549 g/mol. The molecule has 2 amide bonds. The molecule has 0 saturated carbocycles. The smallest absolute Gasteiger partial charge is 0.261 e. The Kier molecular flexibility index (Phi) is 11.1. The van der Waals surface area contributed by atoms with Gasteiger partial charge in [0.15, 0.2) is 6.61 Å². The lowest BCUT2D eigenvalue weighted by atomic mass is 10.1. The topological polar surface area (TPSA) is 105 Å². The number of carbonyl (C=O) groups is 2. The Balaban J connectivity index is 1.65. The van der Waals surface area contributed by atoms with Crippen LogP contribution in [-0.4, -0.2) is 74.9 Å². The van der Waals surface area contributed by atoms with Crippen LogP contribution < -0.4 is 10.1 Å². The van der Waals surface area contributed by atoms with Gasteiger partial charge in [-0.15, -0.1) is 0 Å². The molecule has 2 aromatic rings. The quantitative estimate of drug-likeness (QED) is 0.385. The second-order valence-corrected chi connectivity index (χ2v) is 11.0. The highest BCUT2D eigenvalue weighted by Crippen LogP contribution is 2.21. The first-order valence-electron chi connectivity index (χ1n) is 12.8. The minimum atomic E-state index is -3.64. The van der Waals surface area contributed by atoms with Crippen molar-refractivity contribution in [3.8, 4) is 5.75 Å². The molecule has 9 nitrogen and oxygen atoms in total. The molecule has 0 bridgehead atoms. The fraction of sp³-hybridized carbons (Fsp3) is 0.481. The van der Waals surface area contributed by atoms with Crippen LogP contribution in [0.3, 0.4) is 0 Å². The van der Waals surface area contributed by atoms with E-state index in [0.29, 0.717) is 44.2 Å². The molecule has 1 aliphatic rings. The minimum Gasteiger partial charge on any atom is -0.484 e. The zero-order chi connectivity index (χ0) is 27.5. The lowest BCUT2D eigenvalue weighted by Crippen LogP contribution is -2.49. The van der Waals surface area contributed by atoms with Gasteiger partial charge in [-0.2, -0.15) is 4.31 Å². The predicted octanol–water partition coefficient (Wildman–Crippen LogP) is 2.95. The number of nitrogens with one attached hydrogen (secondary N) is 1. The largest absolute Gasteiger partial charge is 0.484 e. The average molecular weight is 550 g/mol. The molecule has 1 N–H and O–H groups in total. The second kappa shape index (κ2) is 14.2. The first-order valence-corrected chi connectivity index (χ1v) is 14.3. The van der Waals surface area contributed by atoms with Crippen molar-refractivity contribution in [2.75, 3.05) is 39.5 Å². The van der Waals surface area contributed by atoms with E-state index in [1.165, 1.54) is 45.6 Å². The standard InChI is InChI=1S/C27H36FN3O6S/c1-3-4-5-14-29-27(33)21(2)31(19-22-6-8-23(28)9-7-22)26(32)20-37-24-10-12-25(13-11-24)38(34,35)30-15-17-36-18-16-30/h6-13,21H,3-5,14-20H2,1-2H3,(H,29,33)/t21-/m1/s1. The number of halogens is 1. The fourth-order valence-electron chi connectivity index (χ4n) is 3.98. The SMILES string of the molecule is CCCCCNC(=O)[C@@H](C)N(Cc1ccc(F)cc1)C(=O)COc1ccc(S(=O)(=O)N2CCOCC2)cc1. The van der Waals surface area contributed by atoms with E-state index >= 15 is 0 Å². The molecule has 11 heteroatoms. The van der Waals surface area contributed by atoms with Crippen molar-refractivity contribution in [1.29, 1.82) is 0 Å². The maximum Gasteiger partial charge on any atom is 0.261 e. The summed E-state index contributed by atoms with van der Waals surface area (Å²) in [6, 6.07) is 10.8. The number of nitrogens with zero attached hydrogens (tertiary/aromatic N) is 2. The van der Waals surface area contributed by atoms with Crippen LogP contribution in [-0.2, 0) is 30.9 Å². The van der Waals surface area contributed by atoms with E-state index in [2.05, 4.69) is 12.2 Å². The van der Waals surface area contributed by atoms with Gasteiger partial charge in [0.05, 0.1) is 18.1 Å². The number of amides is 2. The lowest BCUT2D eigenvalue weighted by molar-refractivity contribution is -0.142. The molecule has 3 rings (SSSR count). The first-order chi connectivity index (χ1) is 18.2. The van der Waals surface area contributed by atoms with E-state index in [-0.39, 0.29) is 24.0 Å². The van der Waals surface area contributed by atoms with Crippen LogP contribution in [0.25, 0.3) is 0 Å². The number of carbonyl (C=O) groups excluding carboxylic acids is 2. The Morgan fingerprint density at radius 3 is 2.37 bits per heavy atom. The van der Waals surface area contributed by atoms with Crippen LogP contribution in [0.1, 0.15) is 38.7 Å². The Hall–Kier alpha value is -3.02. The molecule has 208 valence electrons. The molecule has 0 aliphatic carbocycles. The van der Waals surface area contributed by atoms with Crippen LogP contribution in [0.15, 0.2) is 53.4 Å². The van der Waals surface area contributed by atoms with Crippen LogP contribution in [0, 0.1) is 5.82 Å². The van der Waals surface area contributed by atoms with Gasteiger partial charge in [-0.05, 0) is 55.3 Å². The van der Waals surface area contributed by atoms with E-state index in [1.54, 1.807) is 19.1 Å². The van der Waals surface area contributed by atoms with Gasteiger partial charge in [-0.3, -0.25) is 9.59 Å². The molecule has 38 heavy (non-hydrogen) atoms. The van der Waals surface area contributed by atoms with Crippen molar-refractivity contribution in [1.82, 2.24) is 14.5 Å². The number of unbranched alkanes of at least 4 members (excludes halogenated alkanes) is 2. The Bertz CT molecular complexity index is 1150. The third kappa shape index (κ3) is 8.24. The molecule has 0 aromatic heterocycles. The number of ether oxygens (including phenoxy) is 2. The number of benzene rings is 2.